The maximum absolute atomic E-state index is 12.2. The lowest BCUT2D eigenvalue weighted by Gasteiger charge is -2.17. The van der Waals surface area contributed by atoms with Crippen LogP contribution in [0, 0.1) is 5.92 Å². The molecule has 0 saturated carbocycles. The first kappa shape index (κ1) is 13.2. The summed E-state index contributed by atoms with van der Waals surface area (Å²) in [5.41, 5.74) is 6.88. The van der Waals surface area contributed by atoms with Crippen LogP contribution in [0.3, 0.4) is 0 Å². The summed E-state index contributed by atoms with van der Waals surface area (Å²) in [5.74, 6) is -0.151. The monoisotopic (exact) mass is 268 g/mol. The quantitative estimate of drug-likeness (QED) is 0.829. The average molecular weight is 269 g/mol. The Kier molecular flexibility index (Phi) is 4.09. The van der Waals surface area contributed by atoms with E-state index in [1.807, 2.05) is 6.92 Å². The number of nitrogens with one attached hydrogen (secondary N) is 1. The zero-order valence-electron chi connectivity index (χ0n) is 10.3. The van der Waals surface area contributed by atoms with E-state index in [4.69, 9.17) is 22.1 Å². The molecule has 98 valence electrons. The molecule has 2 atom stereocenters. The van der Waals surface area contributed by atoms with E-state index in [1.54, 1.807) is 18.2 Å². The van der Waals surface area contributed by atoms with E-state index in [-0.39, 0.29) is 17.9 Å². The molecule has 3 N–H and O–H groups in total. The minimum absolute atomic E-state index is 0.00501. The molecule has 0 aromatic heterocycles. The highest BCUT2D eigenvalue weighted by Crippen LogP contribution is 2.27. The van der Waals surface area contributed by atoms with Gasteiger partial charge in [-0.2, -0.15) is 0 Å². The second-order valence-electron chi connectivity index (χ2n) is 4.43. The summed E-state index contributed by atoms with van der Waals surface area (Å²) >= 11 is 5.88. The predicted molar refractivity (Wildman–Crippen MR) is 72.6 cm³/mol. The van der Waals surface area contributed by atoms with Crippen LogP contribution in [-0.4, -0.2) is 18.6 Å². The Hall–Kier alpha value is -1.26. The number of rotatable bonds is 3. The standard InChI is InChI=1S/C13H17ClN2O2/c1-2-12-9(5-6-18-12)13(17)16-11-7-8(14)3-4-10(11)15/h3-4,7,9,12H,2,5-6,15H2,1H3,(H,16,17). The van der Waals surface area contributed by atoms with Crippen LogP contribution in [0.2, 0.25) is 5.02 Å². The molecular formula is C13H17ClN2O2. The third-order valence-electron chi connectivity index (χ3n) is 3.22. The number of halogens is 1. The fourth-order valence-electron chi connectivity index (χ4n) is 2.21. The van der Waals surface area contributed by atoms with E-state index < -0.39 is 0 Å². The number of carbonyl (C=O) groups excluding carboxylic acids is 1. The summed E-state index contributed by atoms with van der Waals surface area (Å²) in [5, 5.41) is 3.38. The lowest BCUT2D eigenvalue weighted by Crippen LogP contribution is -2.29. The number of carbonyl (C=O) groups is 1. The van der Waals surface area contributed by atoms with Crippen molar-refractivity contribution < 1.29 is 9.53 Å². The van der Waals surface area contributed by atoms with Crippen molar-refractivity contribution in [2.75, 3.05) is 17.7 Å². The van der Waals surface area contributed by atoms with Crippen LogP contribution in [-0.2, 0) is 9.53 Å². The number of nitrogens with two attached hydrogens (primary N) is 1. The van der Waals surface area contributed by atoms with Gasteiger partial charge in [0.15, 0.2) is 0 Å². The van der Waals surface area contributed by atoms with Gasteiger partial charge in [-0.3, -0.25) is 4.79 Å². The third-order valence-corrected chi connectivity index (χ3v) is 3.46. The van der Waals surface area contributed by atoms with E-state index in [0.717, 1.165) is 12.8 Å². The SMILES string of the molecule is CCC1OCCC1C(=O)Nc1cc(Cl)ccc1N. The molecule has 1 fully saturated rings. The van der Waals surface area contributed by atoms with Gasteiger partial charge < -0.3 is 15.8 Å². The molecule has 1 aromatic rings. The van der Waals surface area contributed by atoms with Crippen molar-refractivity contribution in [2.24, 2.45) is 5.92 Å². The molecule has 1 saturated heterocycles. The van der Waals surface area contributed by atoms with Gasteiger partial charge in [-0.1, -0.05) is 18.5 Å². The zero-order valence-corrected chi connectivity index (χ0v) is 11.0. The van der Waals surface area contributed by atoms with Gasteiger partial charge in [0, 0.05) is 11.6 Å². The summed E-state index contributed by atoms with van der Waals surface area (Å²) in [7, 11) is 0. The second-order valence-corrected chi connectivity index (χ2v) is 4.87. The van der Waals surface area contributed by atoms with Crippen molar-refractivity contribution in [1.82, 2.24) is 0 Å². The molecule has 2 unspecified atom stereocenters. The maximum Gasteiger partial charge on any atom is 0.230 e. The summed E-state index contributed by atoms with van der Waals surface area (Å²) in [6, 6.07) is 5.03. The lowest BCUT2D eigenvalue weighted by molar-refractivity contribution is -0.121. The first-order valence-corrected chi connectivity index (χ1v) is 6.47. The van der Waals surface area contributed by atoms with Crippen molar-refractivity contribution in [3.63, 3.8) is 0 Å². The van der Waals surface area contributed by atoms with Crippen LogP contribution in [0.5, 0.6) is 0 Å². The van der Waals surface area contributed by atoms with Crippen LogP contribution in [0.15, 0.2) is 18.2 Å². The van der Waals surface area contributed by atoms with Gasteiger partial charge in [-0.25, -0.2) is 0 Å². The van der Waals surface area contributed by atoms with E-state index in [0.29, 0.717) is 23.0 Å². The minimum Gasteiger partial charge on any atom is -0.397 e. The van der Waals surface area contributed by atoms with E-state index in [9.17, 15) is 4.79 Å². The molecule has 18 heavy (non-hydrogen) atoms. The number of ether oxygens (including phenoxy) is 1. The molecule has 2 rings (SSSR count). The van der Waals surface area contributed by atoms with Gasteiger partial charge in [0.1, 0.15) is 0 Å². The first-order chi connectivity index (χ1) is 8.61. The third kappa shape index (κ3) is 2.76. The maximum atomic E-state index is 12.2. The minimum atomic E-state index is -0.103. The van der Waals surface area contributed by atoms with Gasteiger partial charge in [0.2, 0.25) is 5.91 Å². The highest BCUT2D eigenvalue weighted by molar-refractivity contribution is 6.31. The van der Waals surface area contributed by atoms with Gasteiger partial charge in [-0.05, 0) is 31.0 Å². The predicted octanol–water partition coefficient (Wildman–Crippen LogP) is 2.68. The Morgan fingerprint density at radius 1 is 1.61 bits per heavy atom. The molecule has 0 bridgehead atoms. The number of benzene rings is 1. The highest BCUT2D eigenvalue weighted by Gasteiger charge is 2.32. The Bertz CT molecular complexity index is 451. The lowest BCUT2D eigenvalue weighted by atomic mass is 9.98. The highest BCUT2D eigenvalue weighted by atomic mass is 35.5. The number of hydrogen-bond donors (Lipinski definition) is 2. The van der Waals surface area contributed by atoms with Gasteiger partial charge in [0.25, 0.3) is 0 Å². The average Bonchev–Trinajstić information content (AvgIpc) is 2.82. The molecule has 0 spiro atoms. The van der Waals surface area contributed by atoms with Crippen molar-refractivity contribution >= 4 is 28.9 Å². The van der Waals surface area contributed by atoms with E-state index >= 15 is 0 Å². The van der Waals surface area contributed by atoms with Gasteiger partial charge in [-0.15, -0.1) is 0 Å². The largest absolute Gasteiger partial charge is 0.397 e. The normalized spacial score (nSPS) is 23.0. The molecule has 1 aromatic carbocycles. The summed E-state index contributed by atoms with van der Waals surface area (Å²) in [6.45, 7) is 2.66. The Morgan fingerprint density at radius 3 is 3.11 bits per heavy atom. The van der Waals surface area contributed by atoms with Gasteiger partial charge >= 0.3 is 0 Å². The number of hydrogen-bond acceptors (Lipinski definition) is 3. The summed E-state index contributed by atoms with van der Waals surface area (Å²) in [4.78, 5) is 12.2. The molecule has 1 aliphatic heterocycles. The van der Waals surface area contributed by atoms with Crippen molar-refractivity contribution in [2.45, 2.75) is 25.9 Å². The molecule has 1 aliphatic rings. The van der Waals surface area contributed by atoms with Crippen molar-refractivity contribution in [1.29, 1.82) is 0 Å². The Balaban J connectivity index is 2.09. The number of nitrogen functional groups attached to an aromatic ring is 1. The fraction of sp³-hybridized carbons (Fsp3) is 0.462. The molecule has 0 radical (unpaired) electrons. The Morgan fingerprint density at radius 2 is 2.39 bits per heavy atom. The van der Waals surface area contributed by atoms with Crippen molar-refractivity contribution in [3.05, 3.63) is 23.2 Å². The zero-order chi connectivity index (χ0) is 13.1. The van der Waals surface area contributed by atoms with Gasteiger partial charge in [0.05, 0.1) is 23.4 Å². The van der Waals surface area contributed by atoms with Crippen LogP contribution in [0.4, 0.5) is 11.4 Å². The summed E-state index contributed by atoms with van der Waals surface area (Å²) < 4.78 is 5.51. The second kappa shape index (κ2) is 5.59. The van der Waals surface area contributed by atoms with Crippen molar-refractivity contribution in [3.8, 4) is 0 Å². The number of anilines is 2. The smallest absolute Gasteiger partial charge is 0.230 e. The summed E-state index contributed by atoms with van der Waals surface area (Å²) in [6.07, 6.45) is 1.60. The Labute approximate surface area is 111 Å². The molecule has 0 aliphatic carbocycles. The fourth-order valence-corrected chi connectivity index (χ4v) is 2.39. The van der Waals surface area contributed by atoms with Crippen LogP contribution in [0.25, 0.3) is 0 Å². The molecule has 1 amide bonds. The first-order valence-electron chi connectivity index (χ1n) is 6.09. The van der Waals surface area contributed by atoms with Crippen LogP contribution >= 0.6 is 11.6 Å². The molecule has 4 nitrogen and oxygen atoms in total. The molecule has 1 heterocycles. The van der Waals surface area contributed by atoms with Crippen LogP contribution < -0.4 is 11.1 Å². The molecule has 5 heteroatoms. The molecular weight excluding hydrogens is 252 g/mol. The van der Waals surface area contributed by atoms with E-state index in [2.05, 4.69) is 5.32 Å². The topological polar surface area (TPSA) is 64.3 Å². The van der Waals surface area contributed by atoms with E-state index in [1.165, 1.54) is 0 Å². The van der Waals surface area contributed by atoms with Crippen LogP contribution in [0.1, 0.15) is 19.8 Å². The number of amides is 1.